The second-order valence-corrected chi connectivity index (χ2v) is 7.94. The smallest absolute Gasteiger partial charge is 0.264 e. The van der Waals surface area contributed by atoms with Gasteiger partial charge in [0, 0.05) is 31.4 Å². The van der Waals surface area contributed by atoms with Gasteiger partial charge in [-0.1, -0.05) is 66.7 Å². The zero-order valence-corrected chi connectivity index (χ0v) is 17.3. The maximum atomic E-state index is 13.9. The van der Waals surface area contributed by atoms with Gasteiger partial charge in [-0.05, 0) is 37.1 Å². The fraction of sp³-hybridized carbons (Fsp3) is 0.280. The Morgan fingerprint density at radius 3 is 1.97 bits per heavy atom. The fourth-order valence-corrected chi connectivity index (χ4v) is 4.23. The number of anilines is 1. The normalized spacial score (nSPS) is 19.6. The number of carbonyl (C=O) groups is 1. The summed E-state index contributed by atoms with van der Waals surface area (Å²) in [5.41, 5.74) is -0.578. The molecule has 0 aliphatic carbocycles. The van der Waals surface area contributed by atoms with Crippen molar-refractivity contribution in [1.82, 2.24) is 9.88 Å². The number of nitrogens with zero attached hydrogens (tertiary/aromatic N) is 3. The molecule has 5 heteroatoms. The standard InChI is InChI=1S/C25H27N3O2/c1-19-18-28(20(2)17-27(19)23-15-9-10-16-26-23)24(29)25(30,21-11-5-3-6-12-21)22-13-7-4-8-14-22/h3-16,19-20,30H,17-18H2,1-2H3/t19-,20-/m1/s1. The Kier molecular flexibility index (Phi) is 5.55. The van der Waals surface area contributed by atoms with E-state index >= 15 is 0 Å². The molecule has 1 N–H and O–H groups in total. The lowest BCUT2D eigenvalue weighted by Gasteiger charge is -2.47. The second-order valence-electron chi connectivity index (χ2n) is 7.94. The molecular formula is C25H27N3O2. The van der Waals surface area contributed by atoms with Crippen LogP contribution in [-0.2, 0) is 10.4 Å². The van der Waals surface area contributed by atoms with Gasteiger partial charge in [0.2, 0.25) is 0 Å². The quantitative estimate of drug-likeness (QED) is 0.728. The van der Waals surface area contributed by atoms with Crippen molar-refractivity contribution in [2.75, 3.05) is 18.0 Å². The Balaban J connectivity index is 1.68. The van der Waals surface area contributed by atoms with E-state index in [-0.39, 0.29) is 18.0 Å². The van der Waals surface area contributed by atoms with E-state index in [1.54, 1.807) is 6.20 Å². The van der Waals surface area contributed by atoms with Gasteiger partial charge < -0.3 is 14.9 Å². The molecule has 1 fully saturated rings. The highest BCUT2D eigenvalue weighted by Crippen LogP contribution is 2.34. The lowest BCUT2D eigenvalue weighted by Crippen LogP contribution is -2.62. The first-order chi connectivity index (χ1) is 14.5. The third-order valence-electron chi connectivity index (χ3n) is 5.88. The fourth-order valence-electron chi connectivity index (χ4n) is 4.23. The predicted molar refractivity (Wildman–Crippen MR) is 118 cm³/mol. The third-order valence-corrected chi connectivity index (χ3v) is 5.88. The lowest BCUT2D eigenvalue weighted by atomic mass is 9.84. The van der Waals surface area contributed by atoms with E-state index in [1.807, 2.05) is 90.7 Å². The molecule has 5 nitrogen and oxygen atoms in total. The molecule has 2 atom stereocenters. The van der Waals surface area contributed by atoms with Crippen LogP contribution in [0, 0.1) is 0 Å². The Morgan fingerprint density at radius 2 is 1.43 bits per heavy atom. The summed E-state index contributed by atoms with van der Waals surface area (Å²) in [5, 5.41) is 11.8. The number of aliphatic hydroxyl groups is 1. The van der Waals surface area contributed by atoms with E-state index in [1.165, 1.54) is 0 Å². The highest BCUT2D eigenvalue weighted by molar-refractivity contribution is 5.90. The molecule has 154 valence electrons. The number of benzene rings is 2. The van der Waals surface area contributed by atoms with Crippen LogP contribution in [-0.4, -0.2) is 46.1 Å². The lowest BCUT2D eigenvalue weighted by molar-refractivity contribution is -0.151. The third kappa shape index (κ3) is 3.57. The summed E-state index contributed by atoms with van der Waals surface area (Å²) < 4.78 is 0. The SMILES string of the molecule is C[C@@H]1CN(c2ccccn2)[C@H](C)CN1C(=O)C(O)(c1ccccc1)c1ccccc1. The molecule has 0 bridgehead atoms. The van der Waals surface area contributed by atoms with Crippen LogP contribution in [0.1, 0.15) is 25.0 Å². The van der Waals surface area contributed by atoms with Crippen LogP contribution in [0.25, 0.3) is 0 Å². The zero-order valence-electron chi connectivity index (χ0n) is 17.3. The van der Waals surface area contributed by atoms with Gasteiger partial charge in [0.1, 0.15) is 5.82 Å². The summed E-state index contributed by atoms with van der Waals surface area (Å²) in [7, 11) is 0. The Labute approximate surface area is 177 Å². The number of aromatic nitrogens is 1. The van der Waals surface area contributed by atoms with Gasteiger partial charge in [-0.15, -0.1) is 0 Å². The molecule has 0 radical (unpaired) electrons. The second kappa shape index (κ2) is 8.28. The van der Waals surface area contributed by atoms with Gasteiger partial charge in [-0.2, -0.15) is 0 Å². The van der Waals surface area contributed by atoms with Crippen molar-refractivity contribution in [1.29, 1.82) is 0 Å². The van der Waals surface area contributed by atoms with Gasteiger partial charge in [-0.3, -0.25) is 4.79 Å². The first-order valence-electron chi connectivity index (χ1n) is 10.3. The van der Waals surface area contributed by atoms with Crippen molar-refractivity contribution in [3.63, 3.8) is 0 Å². The van der Waals surface area contributed by atoms with Crippen LogP contribution in [0.4, 0.5) is 5.82 Å². The summed E-state index contributed by atoms with van der Waals surface area (Å²) >= 11 is 0. The van der Waals surface area contributed by atoms with E-state index < -0.39 is 5.60 Å². The minimum atomic E-state index is -1.73. The number of piperazine rings is 1. The number of amides is 1. The number of hydrogen-bond donors (Lipinski definition) is 1. The predicted octanol–water partition coefficient (Wildman–Crippen LogP) is 3.44. The number of pyridine rings is 1. The van der Waals surface area contributed by atoms with Crippen LogP contribution in [0.5, 0.6) is 0 Å². The molecule has 1 aromatic heterocycles. The van der Waals surface area contributed by atoms with Crippen LogP contribution in [0.2, 0.25) is 0 Å². The summed E-state index contributed by atoms with van der Waals surface area (Å²) in [4.78, 5) is 22.4. The molecule has 1 saturated heterocycles. The van der Waals surface area contributed by atoms with Crippen LogP contribution in [0.3, 0.4) is 0 Å². The van der Waals surface area contributed by atoms with E-state index in [0.717, 1.165) is 5.82 Å². The molecule has 1 aliphatic heterocycles. The van der Waals surface area contributed by atoms with Crippen molar-refractivity contribution < 1.29 is 9.90 Å². The van der Waals surface area contributed by atoms with Crippen molar-refractivity contribution in [2.24, 2.45) is 0 Å². The molecule has 0 saturated carbocycles. The van der Waals surface area contributed by atoms with E-state index in [2.05, 4.69) is 16.8 Å². The molecule has 1 amide bonds. The zero-order chi connectivity index (χ0) is 21.1. The van der Waals surface area contributed by atoms with Crippen LogP contribution in [0.15, 0.2) is 85.1 Å². The summed E-state index contributed by atoms with van der Waals surface area (Å²) in [6.07, 6.45) is 1.79. The van der Waals surface area contributed by atoms with Crippen LogP contribution < -0.4 is 4.90 Å². The van der Waals surface area contributed by atoms with Gasteiger partial charge >= 0.3 is 0 Å². The van der Waals surface area contributed by atoms with Gasteiger partial charge in [0.05, 0.1) is 0 Å². The van der Waals surface area contributed by atoms with E-state index in [0.29, 0.717) is 24.2 Å². The van der Waals surface area contributed by atoms with Crippen molar-refractivity contribution in [2.45, 2.75) is 31.5 Å². The molecule has 4 rings (SSSR count). The largest absolute Gasteiger partial charge is 0.372 e. The first-order valence-corrected chi connectivity index (χ1v) is 10.3. The number of carbonyl (C=O) groups excluding carboxylic acids is 1. The monoisotopic (exact) mass is 401 g/mol. The summed E-state index contributed by atoms with van der Waals surface area (Å²) in [6.45, 7) is 5.28. The average molecular weight is 402 g/mol. The molecule has 0 unspecified atom stereocenters. The van der Waals surface area contributed by atoms with Crippen molar-refractivity contribution in [3.05, 3.63) is 96.2 Å². The minimum absolute atomic E-state index is 0.0744. The molecule has 1 aliphatic rings. The maximum Gasteiger partial charge on any atom is 0.264 e. The van der Waals surface area contributed by atoms with Gasteiger partial charge in [0.25, 0.3) is 5.91 Å². The first kappa shape index (κ1) is 20.1. The number of hydrogen-bond acceptors (Lipinski definition) is 4. The summed E-state index contributed by atoms with van der Waals surface area (Å²) in [5.74, 6) is 0.616. The molecule has 30 heavy (non-hydrogen) atoms. The van der Waals surface area contributed by atoms with E-state index in [9.17, 15) is 9.90 Å². The topological polar surface area (TPSA) is 56.7 Å². The Bertz CT molecular complexity index is 940. The van der Waals surface area contributed by atoms with E-state index in [4.69, 9.17) is 0 Å². The maximum absolute atomic E-state index is 13.9. The highest BCUT2D eigenvalue weighted by Gasteiger charge is 2.46. The van der Waals surface area contributed by atoms with Crippen molar-refractivity contribution >= 4 is 11.7 Å². The molecule has 2 heterocycles. The van der Waals surface area contributed by atoms with Crippen molar-refractivity contribution in [3.8, 4) is 0 Å². The number of rotatable bonds is 4. The van der Waals surface area contributed by atoms with Crippen LogP contribution >= 0.6 is 0 Å². The highest BCUT2D eigenvalue weighted by atomic mass is 16.3. The van der Waals surface area contributed by atoms with Gasteiger partial charge in [-0.25, -0.2) is 4.98 Å². The minimum Gasteiger partial charge on any atom is -0.372 e. The van der Waals surface area contributed by atoms with Gasteiger partial charge in [0.15, 0.2) is 5.60 Å². The molecule has 3 aromatic rings. The molecular weight excluding hydrogens is 374 g/mol. The summed E-state index contributed by atoms with van der Waals surface area (Å²) in [6, 6.07) is 24.3. The molecule has 0 spiro atoms. The molecule has 2 aromatic carbocycles. The average Bonchev–Trinajstić information content (AvgIpc) is 2.81. The Hall–Kier alpha value is -3.18. The Morgan fingerprint density at radius 1 is 0.867 bits per heavy atom.